The number of rotatable bonds is 4. The van der Waals surface area contributed by atoms with E-state index in [1.807, 2.05) is 29.2 Å². The van der Waals surface area contributed by atoms with E-state index in [0.29, 0.717) is 37.7 Å². The molecule has 3 aromatic rings. The number of piperidine rings is 1. The molecule has 0 saturated carbocycles. The zero-order valence-electron chi connectivity index (χ0n) is 17.3. The van der Waals surface area contributed by atoms with Gasteiger partial charge in [0.15, 0.2) is 0 Å². The van der Waals surface area contributed by atoms with Crippen LogP contribution in [-0.2, 0) is 10.0 Å². The minimum atomic E-state index is -3.46. The third kappa shape index (κ3) is 3.85. The molecular formula is C23H26N4O3S. The van der Waals surface area contributed by atoms with Crippen LogP contribution in [0.25, 0.3) is 11.0 Å². The van der Waals surface area contributed by atoms with Gasteiger partial charge in [0.2, 0.25) is 10.0 Å². The Hall–Kier alpha value is -2.71. The lowest BCUT2D eigenvalue weighted by Gasteiger charge is -2.31. The van der Waals surface area contributed by atoms with Crippen LogP contribution in [-0.4, -0.2) is 59.7 Å². The van der Waals surface area contributed by atoms with Crippen LogP contribution in [0.3, 0.4) is 0 Å². The molecule has 0 unspecified atom stereocenters. The molecule has 8 heteroatoms. The van der Waals surface area contributed by atoms with E-state index in [9.17, 15) is 13.2 Å². The molecule has 2 saturated heterocycles. The van der Waals surface area contributed by atoms with E-state index in [2.05, 4.69) is 4.98 Å². The average molecular weight is 439 g/mol. The van der Waals surface area contributed by atoms with Crippen molar-refractivity contribution in [2.45, 2.75) is 36.5 Å². The fourth-order valence-corrected chi connectivity index (χ4v) is 6.07. The monoisotopic (exact) mass is 438 g/mol. The summed E-state index contributed by atoms with van der Waals surface area (Å²) in [6.45, 7) is 2.47. The standard InChI is InChI=1S/C23H26N4O3S/c28-23(18-7-9-19(10-8-18)31(29,30)27-13-3-4-14-27)26-15-11-17(12-16-26)22-24-20-5-1-2-6-21(20)25-22/h1-2,5-10,17H,3-4,11-16H2,(H,24,25). The summed E-state index contributed by atoms with van der Waals surface area (Å²) in [6.07, 6.45) is 3.51. The summed E-state index contributed by atoms with van der Waals surface area (Å²) in [5.74, 6) is 1.25. The molecule has 31 heavy (non-hydrogen) atoms. The number of carbonyl (C=O) groups excluding carboxylic acids is 1. The molecule has 2 aliphatic heterocycles. The smallest absolute Gasteiger partial charge is 0.253 e. The number of benzene rings is 2. The SMILES string of the molecule is O=C(c1ccc(S(=O)(=O)N2CCCC2)cc1)N1CCC(c2nc3ccccc3[nH]2)CC1. The molecule has 2 aromatic carbocycles. The van der Waals surface area contributed by atoms with Gasteiger partial charge in [-0.3, -0.25) is 4.79 Å². The number of likely N-dealkylation sites (tertiary alicyclic amines) is 1. The molecule has 1 N–H and O–H groups in total. The quantitative estimate of drug-likeness (QED) is 0.677. The van der Waals surface area contributed by atoms with Crippen molar-refractivity contribution < 1.29 is 13.2 Å². The summed E-state index contributed by atoms with van der Waals surface area (Å²) >= 11 is 0. The van der Waals surface area contributed by atoms with Crippen LogP contribution < -0.4 is 0 Å². The molecule has 0 bridgehead atoms. The van der Waals surface area contributed by atoms with Gasteiger partial charge in [-0.25, -0.2) is 13.4 Å². The lowest BCUT2D eigenvalue weighted by Crippen LogP contribution is -2.38. The number of nitrogens with zero attached hydrogens (tertiary/aromatic N) is 3. The van der Waals surface area contributed by atoms with Gasteiger partial charge in [-0.05, 0) is 62.1 Å². The highest BCUT2D eigenvalue weighted by Crippen LogP contribution is 2.29. The van der Waals surface area contributed by atoms with E-state index >= 15 is 0 Å². The third-order valence-corrected chi connectivity index (χ3v) is 8.29. The zero-order valence-corrected chi connectivity index (χ0v) is 18.1. The van der Waals surface area contributed by atoms with Gasteiger partial charge in [-0.2, -0.15) is 4.31 Å². The van der Waals surface area contributed by atoms with Crippen LogP contribution in [0.4, 0.5) is 0 Å². The second-order valence-electron chi connectivity index (χ2n) is 8.34. The largest absolute Gasteiger partial charge is 0.342 e. The summed E-state index contributed by atoms with van der Waals surface area (Å²) in [6, 6.07) is 14.4. The molecule has 7 nitrogen and oxygen atoms in total. The highest BCUT2D eigenvalue weighted by molar-refractivity contribution is 7.89. The molecule has 2 aliphatic rings. The van der Waals surface area contributed by atoms with E-state index in [-0.39, 0.29) is 10.8 Å². The molecule has 3 heterocycles. The van der Waals surface area contributed by atoms with Gasteiger partial charge < -0.3 is 9.88 Å². The summed E-state index contributed by atoms with van der Waals surface area (Å²) in [5, 5.41) is 0. The van der Waals surface area contributed by atoms with Crippen LogP contribution in [0.5, 0.6) is 0 Å². The number of imidazole rings is 1. The Morgan fingerprint density at radius 1 is 0.935 bits per heavy atom. The van der Waals surface area contributed by atoms with E-state index in [1.165, 1.54) is 4.31 Å². The van der Waals surface area contributed by atoms with Gasteiger partial charge in [0.25, 0.3) is 5.91 Å². The number of aromatic amines is 1. The van der Waals surface area contributed by atoms with Gasteiger partial charge in [0, 0.05) is 37.7 Å². The Bertz CT molecular complexity index is 1160. The molecule has 1 aromatic heterocycles. The number of fused-ring (bicyclic) bond motifs is 1. The van der Waals surface area contributed by atoms with Crippen LogP contribution >= 0.6 is 0 Å². The maximum Gasteiger partial charge on any atom is 0.253 e. The van der Waals surface area contributed by atoms with Gasteiger partial charge in [-0.1, -0.05) is 12.1 Å². The first-order valence-electron chi connectivity index (χ1n) is 10.9. The second kappa shape index (κ2) is 8.09. The van der Waals surface area contributed by atoms with Crippen molar-refractivity contribution in [3.63, 3.8) is 0 Å². The molecule has 0 radical (unpaired) electrons. The van der Waals surface area contributed by atoms with Crippen molar-refractivity contribution in [2.24, 2.45) is 0 Å². The van der Waals surface area contributed by atoms with Crippen molar-refractivity contribution in [1.29, 1.82) is 0 Å². The number of hydrogen-bond donors (Lipinski definition) is 1. The number of sulfonamides is 1. The van der Waals surface area contributed by atoms with Crippen molar-refractivity contribution in [1.82, 2.24) is 19.2 Å². The van der Waals surface area contributed by atoms with Crippen molar-refractivity contribution in [3.05, 3.63) is 59.9 Å². The summed E-state index contributed by atoms with van der Waals surface area (Å²) < 4.78 is 26.9. The predicted octanol–water partition coefficient (Wildman–Crippen LogP) is 3.37. The number of amides is 1. The molecular weight excluding hydrogens is 412 g/mol. The van der Waals surface area contributed by atoms with E-state index in [1.54, 1.807) is 24.3 Å². The first-order chi connectivity index (χ1) is 15.0. The number of H-pyrrole nitrogens is 1. The third-order valence-electron chi connectivity index (χ3n) is 6.38. The van der Waals surface area contributed by atoms with Gasteiger partial charge in [-0.15, -0.1) is 0 Å². The normalized spacial score (nSPS) is 18.6. The fraction of sp³-hybridized carbons (Fsp3) is 0.391. The maximum atomic E-state index is 12.9. The van der Waals surface area contributed by atoms with Crippen molar-refractivity contribution >= 4 is 27.0 Å². The van der Waals surface area contributed by atoms with Crippen molar-refractivity contribution in [2.75, 3.05) is 26.2 Å². The van der Waals surface area contributed by atoms with Crippen molar-refractivity contribution in [3.8, 4) is 0 Å². The number of carbonyl (C=O) groups is 1. The minimum Gasteiger partial charge on any atom is -0.342 e. The Morgan fingerprint density at radius 3 is 2.29 bits per heavy atom. The molecule has 0 spiro atoms. The number of hydrogen-bond acceptors (Lipinski definition) is 4. The molecule has 0 aliphatic carbocycles. The van der Waals surface area contributed by atoms with Crippen LogP contribution in [0.1, 0.15) is 47.8 Å². The second-order valence-corrected chi connectivity index (χ2v) is 10.3. The van der Waals surface area contributed by atoms with E-state index in [4.69, 9.17) is 4.98 Å². The van der Waals surface area contributed by atoms with Gasteiger partial charge in [0.1, 0.15) is 5.82 Å². The summed E-state index contributed by atoms with van der Waals surface area (Å²) in [7, 11) is -3.46. The zero-order chi connectivity index (χ0) is 21.4. The summed E-state index contributed by atoms with van der Waals surface area (Å²) in [4.78, 5) is 23.2. The maximum absolute atomic E-state index is 12.9. The Kier molecular flexibility index (Phi) is 5.27. The van der Waals surface area contributed by atoms with Gasteiger partial charge >= 0.3 is 0 Å². The lowest BCUT2D eigenvalue weighted by molar-refractivity contribution is 0.0711. The van der Waals surface area contributed by atoms with Crippen LogP contribution in [0.2, 0.25) is 0 Å². The van der Waals surface area contributed by atoms with E-state index < -0.39 is 10.0 Å². The van der Waals surface area contributed by atoms with Crippen LogP contribution in [0.15, 0.2) is 53.4 Å². The van der Waals surface area contributed by atoms with E-state index in [0.717, 1.165) is 42.5 Å². The number of aromatic nitrogens is 2. The molecule has 5 rings (SSSR count). The average Bonchev–Trinajstić information content (AvgIpc) is 3.49. The Labute approximate surface area is 182 Å². The van der Waals surface area contributed by atoms with Gasteiger partial charge in [0.05, 0.1) is 15.9 Å². The minimum absolute atomic E-state index is 0.0480. The molecule has 162 valence electrons. The number of para-hydroxylation sites is 2. The molecule has 2 fully saturated rings. The first kappa shape index (κ1) is 20.2. The highest BCUT2D eigenvalue weighted by atomic mass is 32.2. The topological polar surface area (TPSA) is 86.4 Å². The Morgan fingerprint density at radius 2 is 1.61 bits per heavy atom. The lowest BCUT2D eigenvalue weighted by atomic mass is 9.95. The first-order valence-corrected chi connectivity index (χ1v) is 12.3. The summed E-state index contributed by atoms with van der Waals surface area (Å²) in [5.41, 5.74) is 2.54. The fourth-order valence-electron chi connectivity index (χ4n) is 4.55. The van der Waals surface area contributed by atoms with Crippen LogP contribution in [0, 0.1) is 0 Å². The molecule has 0 atom stereocenters. The predicted molar refractivity (Wildman–Crippen MR) is 118 cm³/mol. The molecule has 1 amide bonds. The number of nitrogens with one attached hydrogen (secondary N) is 1. The highest BCUT2D eigenvalue weighted by Gasteiger charge is 2.29. The Balaban J connectivity index is 1.24.